The molecule has 0 aliphatic carbocycles. The molecule has 0 saturated heterocycles. The van der Waals surface area contributed by atoms with Crippen molar-refractivity contribution in [3.63, 3.8) is 0 Å². The third-order valence-electron chi connectivity index (χ3n) is 0. The minimum Gasteiger partial charge on any atom is -0.320 e. The predicted molar refractivity (Wildman–Crippen MR) is 29.9 cm³/mol. The Hall–Kier alpha value is 0.600. The van der Waals surface area contributed by atoms with Crippen molar-refractivity contribution >= 4 is 25.0 Å². The first-order valence-corrected chi connectivity index (χ1v) is 1.69. The van der Waals surface area contributed by atoms with Crippen LogP contribution >= 0.6 is 25.0 Å². The van der Waals surface area contributed by atoms with E-state index in [1.807, 2.05) is 6.92 Å². The predicted octanol–water partition coefficient (Wildman–Crippen LogP) is 0.643. The van der Waals surface area contributed by atoms with Crippen LogP contribution in [0.25, 0.3) is 0 Å². The van der Waals surface area contributed by atoms with Gasteiger partial charge in [0.2, 0.25) is 0 Å². The van der Waals surface area contributed by atoms with E-state index in [2.05, 4.69) is 12.6 Å². The Labute approximate surface area is 43.8 Å². The van der Waals surface area contributed by atoms with E-state index < -0.39 is 0 Å². The van der Waals surface area contributed by atoms with Crippen LogP contribution in [-0.2, 0) is 0 Å². The fourth-order valence-electron chi connectivity index (χ4n) is 0. The first kappa shape index (κ1) is 9.14. The molecule has 5 heavy (non-hydrogen) atoms. The topological polar surface area (TPSA) is 26.0 Å². The molecule has 0 aromatic heterocycles. The number of thiol groups is 1. The first-order chi connectivity index (χ1) is 1.73. The van der Waals surface area contributed by atoms with Gasteiger partial charge in [0, 0.05) is 5.37 Å². The van der Waals surface area contributed by atoms with Gasteiger partial charge in [-0.2, -0.15) is 12.6 Å². The average molecular weight is 114 g/mol. The van der Waals surface area contributed by atoms with Gasteiger partial charge in [0.1, 0.15) is 0 Å². The molecule has 0 rings (SSSR count). The minimum absolute atomic E-state index is 0. The lowest BCUT2D eigenvalue weighted by molar-refractivity contribution is 1.06. The monoisotopic (exact) mass is 113 g/mol. The van der Waals surface area contributed by atoms with E-state index >= 15 is 0 Å². The largest absolute Gasteiger partial charge is 0.320 e. The molecule has 0 heterocycles. The lowest BCUT2D eigenvalue weighted by Gasteiger charge is -1.80. The molecule has 2 N–H and O–H groups in total. The fraction of sp³-hybridized carbons (Fsp3) is 1.00. The van der Waals surface area contributed by atoms with E-state index in [-0.39, 0.29) is 17.8 Å². The normalized spacial score (nSPS) is 12.6. The van der Waals surface area contributed by atoms with Crippen LogP contribution in [0.15, 0.2) is 0 Å². The molecule has 0 bridgehead atoms. The van der Waals surface area contributed by atoms with E-state index in [4.69, 9.17) is 5.73 Å². The number of rotatable bonds is 0. The molecule has 34 valence electrons. The van der Waals surface area contributed by atoms with Crippen LogP contribution in [0, 0.1) is 0 Å². The Morgan fingerprint density at radius 3 is 1.80 bits per heavy atom. The van der Waals surface area contributed by atoms with E-state index in [1.54, 1.807) is 0 Å². The van der Waals surface area contributed by atoms with Crippen LogP contribution in [0.3, 0.4) is 0 Å². The van der Waals surface area contributed by atoms with Gasteiger partial charge in [-0.05, 0) is 6.92 Å². The standard InChI is InChI=1S/C2H7NS.ClH/c1-2(3)4;/h2,4H,3H2,1H3;1H. The summed E-state index contributed by atoms with van der Waals surface area (Å²) in [6.07, 6.45) is 0. The molecule has 0 spiro atoms. The molecule has 0 amide bonds. The van der Waals surface area contributed by atoms with Crippen LogP contribution in [0.5, 0.6) is 0 Å². The van der Waals surface area contributed by atoms with Gasteiger partial charge < -0.3 is 5.73 Å². The number of halogens is 1. The van der Waals surface area contributed by atoms with Gasteiger partial charge in [-0.3, -0.25) is 0 Å². The molecule has 0 radical (unpaired) electrons. The van der Waals surface area contributed by atoms with Crippen LogP contribution in [0.2, 0.25) is 0 Å². The van der Waals surface area contributed by atoms with Crippen molar-refractivity contribution in [2.45, 2.75) is 12.3 Å². The van der Waals surface area contributed by atoms with Gasteiger partial charge in [0.25, 0.3) is 0 Å². The lowest BCUT2D eigenvalue weighted by Crippen LogP contribution is -2.03. The van der Waals surface area contributed by atoms with E-state index in [9.17, 15) is 0 Å². The zero-order valence-corrected chi connectivity index (χ0v) is 4.72. The summed E-state index contributed by atoms with van der Waals surface area (Å²) in [5.74, 6) is 0. The average Bonchev–Trinajstić information content (AvgIpc) is 0.811. The van der Waals surface area contributed by atoms with Crippen molar-refractivity contribution in [1.29, 1.82) is 0 Å². The van der Waals surface area contributed by atoms with Gasteiger partial charge in [-0.25, -0.2) is 0 Å². The smallest absolute Gasteiger partial charge is 0.0448 e. The van der Waals surface area contributed by atoms with Gasteiger partial charge >= 0.3 is 0 Å². The summed E-state index contributed by atoms with van der Waals surface area (Å²) >= 11 is 3.74. The van der Waals surface area contributed by atoms with Crippen LogP contribution in [0.1, 0.15) is 6.92 Å². The summed E-state index contributed by atoms with van der Waals surface area (Å²) in [5, 5.41) is 0.0278. The zero-order chi connectivity index (χ0) is 3.58. The van der Waals surface area contributed by atoms with Gasteiger partial charge in [-0.15, -0.1) is 12.4 Å². The minimum atomic E-state index is 0. The summed E-state index contributed by atoms with van der Waals surface area (Å²) in [4.78, 5) is 0. The molecule has 0 aliphatic rings. The van der Waals surface area contributed by atoms with Gasteiger partial charge in [0.15, 0.2) is 0 Å². The zero-order valence-electron chi connectivity index (χ0n) is 3.01. The van der Waals surface area contributed by atoms with Crippen molar-refractivity contribution in [3.8, 4) is 0 Å². The highest BCUT2D eigenvalue weighted by Gasteiger charge is 1.68. The second kappa shape index (κ2) is 4.60. The molecular formula is C2H8ClNS. The van der Waals surface area contributed by atoms with Gasteiger partial charge in [0.05, 0.1) is 0 Å². The highest BCUT2D eigenvalue weighted by atomic mass is 35.5. The van der Waals surface area contributed by atoms with Crippen molar-refractivity contribution in [2.75, 3.05) is 0 Å². The fourth-order valence-corrected chi connectivity index (χ4v) is 0. The maximum atomic E-state index is 4.98. The molecular weight excluding hydrogens is 106 g/mol. The highest BCUT2D eigenvalue weighted by molar-refractivity contribution is 7.80. The molecule has 0 aromatic rings. The molecule has 0 aliphatic heterocycles. The summed E-state index contributed by atoms with van der Waals surface area (Å²) in [6.45, 7) is 1.81. The molecule has 1 unspecified atom stereocenters. The van der Waals surface area contributed by atoms with E-state index in [1.165, 1.54) is 0 Å². The molecule has 0 fully saturated rings. The highest BCUT2D eigenvalue weighted by Crippen LogP contribution is 1.72. The van der Waals surface area contributed by atoms with E-state index in [0.717, 1.165) is 0 Å². The SMILES string of the molecule is CC(N)S.Cl. The van der Waals surface area contributed by atoms with Crippen molar-refractivity contribution in [2.24, 2.45) is 5.73 Å². The lowest BCUT2D eigenvalue weighted by atomic mass is 10.8. The molecule has 0 aromatic carbocycles. The summed E-state index contributed by atoms with van der Waals surface area (Å²) in [7, 11) is 0. The van der Waals surface area contributed by atoms with E-state index in [0.29, 0.717) is 0 Å². The Bertz CT molecular complexity index is 14.4. The second-order valence-corrected chi connectivity index (χ2v) is 1.56. The second-order valence-electron chi connectivity index (χ2n) is 0.741. The summed E-state index contributed by atoms with van der Waals surface area (Å²) < 4.78 is 0. The quantitative estimate of drug-likeness (QED) is 0.350. The summed E-state index contributed by atoms with van der Waals surface area (Å²) in [6, 6.07) is 0. The Balaban J connectivity index is 0. The van der Waals surface area contributed by atoms with Crippen LogP contribution < -0.4 is 5.73 Å². The molecule has 1 atom stereocenters. The summed E-state index contributed by atoms with van der Waals surface area (Å²) in [5.41, 5.74) is 4.98. The third-order valence-corrected chi connectivity index (χ3v) is 0. The Morgan fingerprint density at radius 2 is 1.80 bits per heavy atom. The van der Waals surface area contributed by atoms with Crippen LogP contribution in [0.4, 0.5) is 0 Å². The Kier molecular flexibility index (Phi) is 8.41. The van der Waals surface area contributed by atoms with Crippen molar-refractivity contribution in [3.05, 3.63) is 0 Å². The van der Waals surface area contributed by atoms with Crippen molar-refractivity contribution in [1.82, 2.24) is 0 Å². The third kappa shape index (κ3) is 86.4. The maximum Gasteiger partial charge on any atom is 0.0448 e. The molecule has 0 saturated carbocycles. The first-order valence-electron chi connectivity index (χ1n) is 1.17. The number of hydrogen-bond donors (Lipinski definition) is 2. The Morgan fingerprint density at radius 1 is 1.80 bits per heavy atom. The number of hydrogen-bond acceptors (Lipinski definition) is 2. The van der Waals surface area contributed by atoms with Gasteiger partial charge in [-0.1, -0.05) is 0 Å². The molecule has 1 nitrogen and oxygen atoms in total. The van der Waals surface area contributed by atoms with Crippen LogP contribution in [-0.4, -0.2) is 5.37 Å². The molecule has 3 heteroatoms. The van der Waals surface area contributed by atoms with Crippen molar-refractivity contribution < 1.29 is 0 Å². The maximum absolute atomic E-state index is 4.98. The number of nitrogens with two attached hydrogens (primary N) is 1.